The van der Waals surface area contributed by atoms with Crippen molar-refractivity contribution in [1.29, 1.82) is 0 Å². The van der Waals surface area contributed by atoms with E-state index in [2.05, 4.69) is 14.8 Å². The normalized spacial score (nSPS) is 16.4. The molecule has 0 saturated carbocycles. The second kappa shape index (κ2) is 8.26. The molecule has 2 N–H and O–H groups in total. The highest BCUT2D eigenvalue weighted by Gasteiger charge is 2.22. The number of sulfonamides is 1. The molecular weight excluding hydrogens is 361 g/mol. The topological polar surface area (TPSA) is 67.4 Å². The molecule has 10 heteroatoms. The second-order valence-corrected chi connectivity index (χ2v) is 6.74. The van der Waals surface area contributed by atoms with Crippen LogP contribution in [0, 0.1) is 0 Å². The number of nitrogens with one attached hydrogen (secondary N) is 2. The minimum atomic E-state index is -3.73. The van der Waals surface area contributed by atoms with E-state index in [-0.39, 0.29) is 34.1 Å². The Labute approximate surface area is 138 Å². The fourth-order valence-corrected chi connectivity index (χ4v) is 3.69. The van der Waals surface area contributed by atoms with Gasteiger partial charge in [0.2, 0.25) is 10.0 Å². The smallest absolute Gasteiger partial charge is 0.387 e. The van der Waals surface area contributed by atoms with Crippen LogP contribution < -0.4 is 14.8 Å². The summed E-state index contributed by atoms with van der Waals surface area (Å²) >= 11 is 5.76. The molecule has 0 unspecified atom stereocenters. The first-order chi connectivity index (χ1) is 9.88. The Morgan fingerprint density at radius 2 is 1.95 bits per heavy atom. The van der Waals surface area contributed by atoms with Crippen LogP contribution in [-0.4, -0.2) is 34.2 Å². The summed E-state index contributed by atoms with van der Waals surface area (Å²) in [6, 6.07) is 3.26. The standard InChI is InChI=1S/C12H15ClF2N2O3S.ClH/c13-10-7-9(1-2-11(10)20-12(14)15)21(18,19)17-8-3-5-16-6-4-8;/h1-2,7-8,12,16-17H,3-6H2;1H. The maximum atomic E-state index is 12.2. The van der Waals surface area contributed by atoms with Gasteiger partial charge in [-0.3, -0.25) is 0 Å². The first-order valence-electron chi connectivity index (χ1n) is 6.36. The predicted molar refractivity (Wildman–Crippen MR) is 81.5 cm³/mol. The lowest BCUT2D eigenvalue weighted by Crippen LogP contribution is -2.42. The van der Waals surface area contributed by atoms with Crippen LogP contribution in [0.15, 0.2) is 23.1 Å². The molecule has 0 aromatic heterocycles. The molecule has 0 spiro atoms. The van der Waals surface area contributed by atoms with E-state index >= 15 is 0 Å². The van der Waals surface area contributed by atoms with Gasteiger partial charge in [0.1, 0.15) is 5.75 Å². The molecule has 0 amide bonds. The van der Waals surface area contributed by atoms with E-state index in [1.165, 1.54) is 6.07 Å². The van der Waals surface area contributed by atoms with Crippen LogP contribution in [0.5, 0.6) is 5.75 Å². The third kappa shape index (κ3) is 5.20. The summed E-state index contributed by atoms with van der Waals surface area (Å²) in [4.78, 5) is -0.0763. The molecule has 0 radical (unpaired) electrons. The third-order valence-corrected chi connectivity index (χ3v) is 4.90. The summed E-state index contributed by atoms with van der Waals surface area (Å²) in [6.07, 6.45) is 1.39. The molecule has 5 nitrogen and oxygen atoms in total. The maximum absolute atomic E-state index is 12.2. The van der Waals surface area contributed by atoms with Crippen molar-refractivity contribution in [2.45, 2.75) is 30.4 Å². The van der Waals surface area contributed by atoms with Crippen LogP contribution in [0.2, 0.25) is 5.02 Å². The van der Waals surface area contributed by atoms with Gasteiger partial charge in [0.15, 0.2) is 0 Å². The molecule has 1 aromatic rings. The first-order valence-corrected chi connectivity index (χ1v) is 8.22. The van der Waals surface area contributed by atoms with E-state index in [1.807, 2.05) is 0 Å². The van der Waals surface area contributed by atoms with E-state index in [4.69, 9.17) is 11.6 Å². The summed E-state index contributed by atoms with van der Waals surface area (Å²) in [6.45, 7) is -1.53. The molecule has 1 aliphatic rings. The third-order valence-electron chi connectivity index (χ3n) is 3.09. The van der Waals surface area contributed by atoms with Gasteiger partial charge in [0.05, 0.1) is 9.92 Å². The number of piperidine rings is 1. The minimum absolute atomic E-state index is 0. The zero-order chi connectivity index (χ0) is 15.5. The van der Waals surface area contributed by atoms with Crippen LogP contribution >= 0.6 is 24.0 Å². The molecule has 1 heterocycles. The average molecular weight is 377 g/mol. The van der Waals surface area contributed by atoms with E-state index in [0.717, 1.165) is 25.2 Å². The SMILES string of the molecule is Cl.O=S(=O)(NC1CCNCC1)c1ccc(OC(F)F)c(Cl)c1. The largest absolute Gasteiger partial charge is 0.433 e. The average Bonchev–Trinajstić information content (AvgIpc) is 2.41. The van der Waals surface area contributed by atoms with Crippen LogP contribution in [0.1, 0.15) is 12.8 Å². The summed E-state index contributed by atoms with van der Waals surface area (Å²) < 4.78 is 55.4. The molecule has 126 valence electrons. The van der Waals surface area contributed by atoms with Crippen molar-refractivity contribution in [1.82, 2.24) is 10.0 Å². The molecule has 1 saturated heterocycles. The number of ether oxygens (including phenoxy) is 1. The highest BCUT2D eigenvalue weighted by molar-refractivity contribution is 7.89. The second-order valence-electron chi connectivity index (χ2n) is 4.62. The van der Waals surface area contributed by atoms with E-state index < -0.39 is 16.6 Å². The molecular formula is C12H16Cl2F2N2O3S. The number of rotatable bonds is 5. The number of hydrogen-bond acceptors (Lipinski definition) is 4. The van der Waals surface area contributed by atoms with Crippen molar-refractivity contribution in [2.75, 3.05) is 13.1 Å². The summed E-state index contributed by atoms with van der Waals surface area (Å²) in [5, 5.41) is 2.95. The first kappa shape index (κ1) is 19.4. The van der Waals surface area contributed by atoms with Gasteiger partial charge in [-0.1, -0.05) is 11.6 Å². The van der Waals surface area contributed by atoms with Crippen molar-refractivity contribution in [2.24, 2.45) is 0 Å². The van der Waals surface area contributed by atoms with Gasteiger partial charge in [0, 0.05) is 6.04 Å². The Morgan fingerprint density at radius 1 is 1.32 bits per heavy atom. The lowest BCUT2D eigenvalue weighted by atomic mass is 10.1. The molecule has 22 heavy (non-hydrogen) atoms. The quantitative estimate of drug-likeness (QED) is 0.827. The summed E-state index contributed by atoms with van der Waals surface area (Å²) in [5.74, 6) is -0.257. The highest BCUT2D eigenvalue weighted by Crippen LogP contribution is 2.28. The van der Waals surface area contributed by atoms with Crippen molar-refractivity contribution >= 4 is 34.0 Å². The number of hydrogen-bond donors (Lipinski definition) is 2. The highest BCUT2D eigenvalue weighted by atomic mass is 35.5. The van der Waals surface area contributed by atoms with Crippen molar-refractivity contribution in [3.8, 4) is 5.75 Å². The fraction of sp³-hybridized carbons (Fsp3) is 0.500. The fourth-order valence-electron chi connectivity index (χ4n) is 2.07. The molecule has 1 aromatic carbocycles. The van der Waals surface area contributed by atoms with Crippen LogP contribution in [-0.2, 0) is 10.0 Å². The molecule has 0 aliphatic carbocycles. The molecule has 1 fully saturated rings. The summed E-state index contributed by atoms with van der Waals surface area (Å²) in [5.41, 5.74) is 0. The Bertz CT molecular complexity index is 596. The van der Waals surface area contributed by atoms with Gasteiger partial charge in [0.25, 0.3) is 0 Å². The van der Waals surface area contributed by atoms with Gasteiger partial charge >= 0.3 is 6.61 Å². The molecule has 0 bridgehead atoms. The van der Waals surface area contributed by atoms with E-state index in [9.17, 15) is 17.2 Å². The maximum Gasteiger partial charge on any atom is 0.387 e. The van der Waals surface area contributed by atoms with E-state index in [1.54, 1.807) is 0 Å². The zero-order valence-corrected chi connectivity index (χ0v) is 13.8. The minimum Gasteiger partial charge on any atom is -0.433 e. The van der Waals surface area contributed by atoms with Gasteiger partial charge in [-0.25, -0.2) is 13.1 Å². The number of halogens is 4. The van der Waals surface area contributed by atoms with Gasteiger partial charge in [-0.05, 0) is 44.1 Å². The zero-order valence-electron chi connectivity index (χ0n) is 11.4. The van der Waals surface area contributed by atoms with Crippen molar-refractivity contribution in [3.05, 3.63) is 23.2 Å². The van der Waals surface area contributed by atoms with Gasteiger partial charge < -0.3 is 10.1 Å². The Hall–Kier alpha value is -0.670. The van der Waals surface area contributed by atoms with Crippen molar-refractivity contribution in [3.63, 3.8) is 0 Å². The van der Waals surface area contributed by atoms with E-state index in [0.29, 0.717) is 12.8 Å². The van der Waals surface area contributed by atoms with Gasteiger partial charge in [-0.15, -0.1) is 12.4 Å². The Kier molecular flexibility index (Phi) is 7.27. The lowest BCUT2D eigenvalue weighted by Gasteiger charge is -2.23. The predicted octanol–water partition coefficient (Wildman–Crippen LogP) is 2.39. The van der Waals surface area contributed by atoms with Crippen LogP contribution in [0.25, 0.3) is 0 Å². The van der Waals surface area contributed by atoms with Crippen LogP contribution in [0.4, 0.5) is 8.78 Å². The monoisotopic (exact) mass is 376 g/mol. The molecule has 2 rings (SSSR count). The van der Waals surface area contributed by atoms with Crippen molar-refractivity contribution < 1.29 is 21.9 Å². The van der Waals surface area contributed by atoms with Gasteiger partial charge in [-0.2, -0.15) is 8.78 Å². The molecule has 0 atom stereocenters. The summed E-state index contributed by atoms with van der Waals surface area (Å²) in [7, 11) is -3.73. The Morgan fingerprint density at radius 3 is 2.50 bits per heavy atom. The number of benzene rings is 1. The lowest BCUT2D eigenvalue weighted by molar-refractivity contribution is -0.0498. The van der Waals surface area contributed by atoms with Crippen LogP contribution in [0.3, 0.4) is 0 Å². The Balaban J connectivity index is 0.00000242. The number of alkyl halides is 2. The molecule has 1 aliphatic heterocycles.